The first-order chi connectivity index (χ1) is 11.0. The molecule has 0 radical (unpaired) electrons. The second-order valence-electron chi connectivity index (χ2n) is 5.48. The Morgan fingerprint density at radius 2 is 2.09 bits per heavy atom. The quantitative estimate of drug-likeness (QED) is 0.763. The van der Waals surface area contributed by atoms with Crippen molar-refractivity contribution in [3.8, 4) is 0 Å². The number of hydrogen-bond donors (Lipinski definition) is 2. The highest BCUT2D eigenvalue weighted by molar-refractivity contribution is 6.31. The third kappa shape index (κ3) is 5.88. The van der Waals surface area contributed by atoms with E-state index in [4.69, 9.17) is 11.6 Å². The Morgan fingerprint density at radius 3 is 2.74 bits per heavy atom. The first kappa shape index (κ1) is 17.2. The fraction of sp³-hybridized carbons (Fsp3) is 0.294. The monoisotopic (exact) mass is 332 g/mol. The predicted molar refractivity (Wildman–Crippen MR) is 95.3 cm³/mol. The smallest absolute Gasteiger partial charge is 0.255 e. The van der Waals surface area contributed by atoms with Crippen LogP contribution in [0.15, 0.2) is 42.6 Å². The van der Waals surface area contributed by atoms with E-state index in [-0.39, 0.29) is 5.91 Å². The summed E-state index contributed by atoms with van der Waals surface area (Å²) in [6.45, 7) is 1.89. The highest BCUT2D eigenvalue weighted by atomic mass is 35.5. The van der Waals surface area contributed by atoms with Crippen LogP contribution in [0.4, 0.5) is 11.5 Å². The summed E-state index contributed by atoms with van der Waals surface area (Å²) in [5.74, 6) is 0.588. The molecule has 5 nitrogen and oxygen atoms in total. The zero-order chi connectivity index (χ0) is 16.7. The van der Waals surface area contributed by atoms with Gasteiger partial charge in [-0.15, -0.1) is 0 Å². The number of aromatic nitrogens is 1. The van der Waals surface area contributed by atoms with Crippen molar-refractivity contribution in [2.75, 3.05) is 37.8 Å². The topological polar surface area (TPSA) is 57.3 Å². The first-order valence-corrected chi connectivity index (χ1v) is 7.84. The number of anilines is 2. The number of halogens is 1. The molecule has 0 saturated carbocycles. The van der Waals surface area contributed by atoms with E-state index in [1.165, 1.54) is 0 Å². The summed E-state index contributed by atoms with van der Waals surface area (Å²) in [5.41, 5.74) is 1.16. The average Bonchev–Trinajstić information content (AvgIpc) is 2.53. The van der Waals surface area contributed by atoms with Crippen molar-refractivity contribution in [3.05, 3.63) is 53.2 Å². The van der Waals surface area contributed by atoms with Crippen LogP contribution < -0.4 is 10.6 Å². The third-order valence-corrected chi connectivity index (χ3v) is 3.43. The largest absolute Gasteiger partial charge is 0.370 e. The lowest BCUT2D eigenvalue weighted by molar-refractivity contribution is 0.102. The molecular weight excluding hydrogens is 312 g/mol. The fourth-order valence-electron chi connectivity index (χ4n) is 2.02. The molecule has 0 aliphatic rings. The van der Waals surface area contributed by atoms with Crippen LogP contribution in [0.3, 0.4) is 0 Å². The van der Waals surface area contributed by atoms with Gasteiger partial charge in [-0.1, -0.05) is 17.7 Å². The predicted octanol–water partition coefficient (Wildman–Crippen LogP) is 3.35. The van der Waals surface area contributed by atoms with Gasteiger partial charge in [-0.25, -0.2) is 4.98 Å². The molecule has 122 valence electrons. The van der Waals surface area contributed by atoms with E-state index in [1.807, 2.05) is 12.1 Å². The molecule has 0 aliphatic heterocycles. The third-order valence-electron chi connectivity index (χ3n) is 3.20. The van der Waals surface area contributed by atoms with Crippen molar-refractivity contribution in [1.82, 2.24) is 9.88 Å². The molecule has 1 aromatic heterocycles. The minimum Gasteiger partial charge on any atom is -0.370 e. The summed E-state index contributed by atoms with van der Waals surface area (Å²) in [6.07, 6.45) is 2.68. The molecule has 0 fully saturated rings. The van der Waals surface area contributed by atoms with Gasteiger partial charge < -0.3 is 15.5 Å². The summed E-state index contributed by atoms with van der Waals surface area (Å²) in [4.78, 5) is 18.5. The Labute approximate surface area is 141 Å². The Kier molecular flexibility index (Phi) is 6.38. The van der Waals surface area contributed by atoms with Gasteiger partial charge in [-0.2, -0.15) is 0 Å². The maximum atomic E-state index is 12.1. The maximum absolute atomic E-state index is 12.1. The number of amides is 1. The lowest BCUT2D eigenvalue weighted by Crippen LogP contribution is -2.16. The summed E-state index contributed by atoms with van der Waals surface area (Å²) < 4.78 is 0. The minimum atomic E-state index is -0.207. The zero-order valence-corrected chi connectivity index (χ0v) is 14.1. The Balaban J connectivity index is 1.86. The van der Waals surface area contributed by atoms with E-state index in [1.54, 1.807) is 30.5 Å². The van der Waals surface area contributed by atoms with Crippen molar-refractivity contribution in [3.63, 3.8) is 0 Å². The van der Waals surface area contributed by atoms with Gasteiger partial charge in [-0.3, -0.25) is 4.79 Å². The van der Waals surface area contributed by atoms with Gasteiger partial charge in [0.2, 0.25) is 0 Å². The number of nitrogens with zero attached hydrogens (tertiary/aromatic N) is 2. The van der Waals surface area contributed by atoms with Gasteiger partial charge in [-0.05, 0) is 57.4 Å². The molecule has 0 bridgehead atoms. The van der Waals surface area contributed by atoms with Gasteiger partial charge in [0.15, 0.2) is 0 Å². The molecule has 2 rings (SSSR count). The summed E-state index contributed by atoms with van der Waals surface area (Å²) in [5, 5.41) is 6.59. The summed E-state index contributed by atoms with van der Waals surface area (Å²) in [7, 11) is 4.10. The molecule has 2 aromatic rings. The van der Waals surface area contributed by atoms with E-state index in [0.717, 1.165) is 25.3 Å². The number of carbonyl (C=O) groups excluding carboxylic acids is 1. The maximum Gasteiger partial charge on any atom is 0.255 e. The number of pyridine rings is 1. The molecule has 0 atom stereocenters. The van der Waals surface area contributed by atoms with Gasteiger partial charge in [0, 0.05) is 17.1 Å². The molecule has 0 unspecified atom stereocenters. The first-order valence-electron chi connectivity index (χ1n) is 7.46. The number of rotatable bonds is 7. The molecule has 0 saturated heterocycles. The van der Waals surface area contributed by atoms with Gasteiger partial charge in [0.1, 0.15) is 5.82 Å². The van der Waals surface area contributed by atoms with E-state index < -0.39 is 0 Å². The van der Waals surface area contributed by atoms with Crippen LogP contribution in [-0.2, 0) is 0 Å². The minimum absolute atomic E-state index is 0.207. The fourth-order valence-corrected chi connectivity index (χ4v) is 2.21. The van der Waals surface area contributed by atoms with E-state index in [0.29, 0.717) is 16.3 Å². The van der Waals surface area contributed by atoms with Crippen LogP contribution in [0, 0.1) is 0 Å². The average molecular weight is 333 g/mol. The molecule has 0 spiro atoms. The molecule has 1 amide bonds. The van der Waals surface area contributed by atoms with E-state index in [9.17, 15) is 4.79 Å². The van der Waals surface area contributed by atoms with Crippen LogP contribution in [0.1, 0.15) is 16.8 Å². The Bertz CT molecular complexity index is 643. The molecule has 0 aliphatic carbocycles. The molecule has 1 heterocycles. The molecular formula is C17H21ClN4O. The number of benzene rings is 1. The van der Waals surface area contributed by atoms with Crippen molar-refractivity contribution in [1.29, 1.82) is 0 Å². The number of carbonyl (C=O) groups is 1. The molecule has 23 heavy (non-hydrogen) atoms. The van der Waals surface area contributed by atoms with Crippen molar-refractivity contribution in [2.45, 2.75) is 6.42 Å². The number of nitrogens with one attached hydrogen (secondary N) is 2. The molecule has 1 aromatic carbocycles. The lowest BCUT2D eigenvalue weighted by Gasteiger charge is -2.10. The van der Waals surface area contributed by atoms with Crippen LogP contribution in [0.5, 0.6) is 0 Å². The standard InChI is InChI=1S/C17H21ClN4O/c1-22(2)10-4-9-19-16-8-7-15(12-20-16)21-17(23)13-5-3-6-14(18)11-13/h3,5-8,11-12H,4,9-10H2,1-2H3,(H,19,20)(H,21,23). The highest BCUT2D eigenvalue weighted by Crippen LogP contribution is 2.14. The van der Waals surface area contributed by atoms with Crippen LogP contribution in [-0.4, -0.2) is 43.0 Å². The van der Waals surface area contributed by atoms with Gasteiger partial charge in [0.25, 0.3) is 5.91 Å². The van der Waals surface area contributed by atoms with Crippen LogP contribution in [0.2, 0.25) is 5.02 Å². The normalized spacial score (nSPS) is 10.6. The number of hydrogen-bond acceptors (Lipinski definition) is 4. The Hall–Kier alpha value is -2.11. The van der Waals surface area contributed by atoms with Crippen molar-refractivity contribution < 1.29 is 4.79 Å². The van der Waals surface area contributed by atoms with Crippen LogP contribution >= 0.6 is 11.6 Å². The van der Waals surface area contributed by atoms with Gasteiger partial charge in [0.05, 0.1) is 11.9 Å². The highest BCUT2D eigenvalue weighted by Gasteiger charge is 2.06. The lowest BCUT2D eigenvalue weighted by atomic mass is 10.2. The Morgan fingerprint density at radius 1 is 1.26 bits per heavy atom. The second-order valence-corrected chi connectivity index (χ2v) is 5.92. The molecule has 2 N–H and O–H groups in total. The zero-order valence-electron chi connectivity index (χ0n) is 13.3. The van der Waals surface area contributed by atoms with E-state index in [2.05, 4.69) is 34.6 Å². The van der Waals surface area contributed by atoms with Crippen LogP contribution in [0.25, 0.3) is 0 Å². The summed E-state index contributed by atoms with van der Waals surface area (Å²) >= 11 is 5.89. The van der Waals surface area contributed by atoms with Crippen molar-refractivity contribution in [2.24, 2.45) is 0 Å². The molecule has 6 heteroatoms. The second kappa shape index (κ2) is 8.50. The summed E-state index contributed by atoms with van der Waals surface area (Å²) in [6, 6.07) is 10.5. The van der Waals surface area contributed by atoms with Crippen molar-refractivity contribution >= 4 is 29.0 Å². The SMILES string of the molecule is CN(C)CCCNc1ccc(NC(=O)c2cccc(Cl)c2)cn1. The van der Waals surface area contributed by atoms with Gasteiger partial charge >= 0.3 is 0 Å². The van der Waals surface area contributed by atoms with E-state index >= 15 is 0 Å².